The van der Waals surface area contributed by atoms with Crippen molar-refractivity contribution in [3.05, 3.63) is 58.6 Å². The van der Waals surface area contributed by atoms with E-state index < -0.39 is 16.1 Å². The van der Waals surface area contributed by atoms with E-state index in [1.165, 1.54) is 9.21 Å². The molecule has 37 heavy (non-hydrogen) atoms. The number of aryl methyl sites for hydroxylation is 1. The summed E-state index contributed by atoms with van der Waals surface area (Å²) in [6.45, 7) is 8.33. The molecule has 2 amide bonds. The minimum absolute atomic E-state index is 0.0669. The second kappa shape index (κ2) is 13.7. The zero-order valence-electron chi connectivity index (χ0n) is 22.5. The van der Waals surface area contributed by atoms with Crippen LogP contribution >= 0.6 is 11.6 Å². The third-order valence-corrected chi connectivity index (χ3v) is 7.35. The van der Waals surface area contributed by atoms with Gasteiger partial charge < -0.3 is 15.0 Å². The van der Waals surface area contributed by atoms with Gasteiger partial charge in [0.2, 0.25) is 21.8 Å². The molecule has 0 saturated carbocycles. The SMILES string of the molecule is COc1cccc(CN(C(=O)CCCN(c2cc(Cl)ccc2C)S(C)(=O)=O)C(C)C(=O)NCC(C)C)c1. The zero-order valence-corrected chi connectivity index (χ0v) is 24.0. The molecule has 10 heteroatoms. The number of anilines is 1. The smallest absolute Gasteiger partial charge is 0.242 e. The molecule has 204 valence electrons. The van der Waals surface area contributed by atoms with Crippen LogP contribution in [-0.2, 0) is 26.2 Å². The van der Waals surface area contributed by atoms with Crippen LogP contribution in [0.1, 0.15) is 44.7 Å². The van der Waals surface area contributed by atoms with E-state index in [-0.39, 0.29) is 43.7 Å². The Hall–Kier alpha value is -2.78. The van der Waals surface area contributed by atoms with Gasteiger partial charge in [0.1, 0.15) is 11.8 Å². The summed E-state index contributed by atoms with van der Waals surface area (Å²) < 4.78 is 31.7. The predicted octanol–water partition coefficient (Wildman–Crippen LogP) is 4.39. The van der Waals surface area contributed by atoms with Crippen molar-refractivity contribution in [2.45, 2.75) is 53.1 Å². The molecule has 0 saturated heterocycles. The quantitative estimate of drug-likeness (QED) is 0.398. The molecule has 0 fully saturated rings. The van der Waals surface area contributed by atoms with Gasteiger partial charge in [0, 0.05) is 31.1 Å². The maximum absolute atomic E-state index is 13.4. The van der Waals surface area contributed by atoms with Gasteiger partial charge in [-0.25, -0.2) is 8.42 Å². The molecule has 1 N–H and O–H groups in total. The van der Waals surface area contributed by atoms with Gasteiger partial charge in [0.25, 0.3) is 0 Å². The van der Waals surface area contributed by atoms with Crippen LogP contribution in [0.25, 0.3) is 0 Å². The minimum Gasteiger partial charge on any atom is -0.497 e. The van der Waals surface area contributed by atoms with Crippen molar-refractivity contribution in [3.63, 3.8) is 0 Å². The Balaban J connectivity index is 2.21. The molecule has 0 spiro atoms. The monoisotopic (exact) mass is 551 g/mol. The van der Waals surface area contributed by atoms with E-state index in [2.05, 4.69) is 5.32 Å². The number of ether oxygens (including phenoxy) is 1. The number of amides is 2. The highest BCUT2D eigenvalue weighted by atomic mass is 35.5. The summed E-state index contributed by atoms with van der Waals surface area (Å²) in [6.07, 6.45) is 1.47. The Morgan fingerprint density at radius 1 is 1.11 bits per heavy atom. The number of hydrogen-bond acceptors (Lipinski definition) is 5. The van der Waals surface area contributed by atoms with Gasteiger partial charge in [-0.1, -0.05) is 43.6 Å². The fraction of sp³-hybridized carbons (Fsp3) is 0.481. The molecule has 0 aliphatic rings. The summed E-state index contributed by atoms with van der Waals surface area (Å²) in [5.41, 5.74) is 2.07. The summed E-state index contributed by atoms with van der Waals surface area (Å²) >= 11 is 6.12. The van der Waals surface area contributed by atoms with Crippen LogP contribution in [-0.4, -0.2) is 57.6 Å². The van der Waals surface area contributed by atoms with Gasteiger partial charge in [-0.2, -0.15) is 0 Å². The van der Waals surface area contributed by atoms with Crippen molar-refractivity contribution < 1.29 is 22.7 Å². The average molecular weight is 552 g/mol. The molecule has 8 nitrogen and oxygen atoms in total. The highest BCUT2D eigenvalue weighted by Crippen LogP contribution is 2.27. The molecule has 0 heterocycles. The summed E-state index contributed by atoms with van der Waals surface area (Å²) in [5.74, 6) is 0.446. The van der Waals surface area contributed by atoms with Gasteiger partial charge in [-0.05, 0) is 61.6 Å². The molecule has 0 bridgehead atoms. The fourth-order valence-corrected chi connectivity index (χ4v) is 5.02. The second-order valence-corrected chi connectivity index (χ2v) is 11.9. The molecule has 0 aliphatic carbocycles. The van der Waals surface area contributed by atoms with E-state index in [0.29, 0.717) is 23.0 Å². The lowest BCUT2D eigenvalue weighted by Gasteiger charge is -2.30. The number of nitrogens with zero attached hydrogens (tertiary/aromatic N) is 2. The second-order valence-electron chi connectivity index (χ2n) is 9.56. The highest BCUT2D eigenvalue weighted by Gasteiger charge is 2.27. The summed E-state index contributed by atoms with van der Waals surface area (Å²) in [6, 6.07) is 11.7. The molecule has 1 atom stereocenters. The number of sulfonamides is 1. The van der Waals surface area contributed by atoms with E-state index in [9.17, 15) is 18.0 Å². The number of nitrogens with one attached hydrogen (secondary N) is 1. The van der Waals surface area contributed by atoms with E-state index in [4.69, 9.17) is 16.3 Å². The predicted molar refractivity (Wildman–Crippen MR) is 148 cm³/mol. The number of hydrogen-bond donors (Lipinski definition) is 1. The third kappa shape index (κ3) is 9.23. The number of carbonyl (C=O) groups excluding carboxylic acids is 2. The van der Waals surface area contributed by atoms with Gasteiger partial charge >= 0.3 is 0 Å². The molecule has 1 unspecified atom stereocenters. The topological polar surface area (TPSA) is 96.0 Å². The Morgan fingerprint density at radius 2 is 1.81 bits per heavy atom. The summed E-state index contributed by atoms with van der Waals surface area (Å²) in [4.78, 5) is 27.8. The molecule has 2 aromatic rings. The first kappa shape index (κ1) is 30.4. The first-order valence-corrected chi connectivity index (χ1v) is 14.5. The largest absolute Gasteiger partial charge is 0.497 e. The number of halogens is 1. The number of benzene rings is 2. The van der Waals surface area contributed by atoms with Crippen LogP contribution in [0.3, 0.4) is 0 Å². The summed E-state index contributed by atoms with van der Waals surface area (Å²) in [5, 5.41) is 3.32. The molecule has 0 radical (unpaired) electrons. The van der Waals surface area contributed by atoms with E-state index in [0.717, 1.165) is 17.4 Å². The maximum atomic E-state index is 13.4. The lowest BCUT2D eigenvalue weighted by Crippen LogP contribution is -2.48. The minimum atomic E-state index is -3.61. The first-order valence-electron chi connectivity index (χ1n) is 12.3. The maximum Gasteiger partial charge on any atom is 0.242 e. The normalized spacial score (nSPS) is 12.2. The van der Waals surface area contributed by atoms with E-state index in [1.807, 2.05) is 45.0 Å². The molecule has 0 aliphatic heterocycles. The fourth-order valence-electron chi connectivity index (χ4n) is 3.84. The Morgan fingerprint density at radius 3 is 2.43 bits per heavy atom. The number of carbonyl (C=O) groups is 2. The summed E-state index contributed by atoms with van der Waals surface area (Å²) in [7, 11) is -2.04. The van der Waals surface area contributed by atoms with Crippen LogP contribution in [0.2, 0.25) is 5.02 Å². The van der Waals surface area contributed by atoms with Crippen molar-refractivity contribution in [2.75, 3.05) is 30.8 Å². The lowest BCUT2D eigenvalue weighted by atomic mass is 10.1. The molecule has 0 aromatic heterocycles. The van der Waals surface area contributed by atoms with E-state index >= 15 is 0 Å². The van der Waals surface area contributed by atoms with Crippen molar-refractivity contribution in [3.8, 4) is 5.75 Å². The highest BCUT2D eigenvalue weighted by molar-refractivity contribution is 7.92. The van der Waals surface area contributed by atoms with Crippen molar-refractivity contribution >= 4 is 39.1 Å². The van der Waals surface area contributed by atoms with Crippen molar-refractivity contribution in [1.82, 2.24) is 10.2 Å². The lowest BCUT2D eigenvalue weighted by molar-refractivity contribution is -0.140. The van der Waals surface area contributed by atoms with Crippen LogP contribution in [0.15, 0.2) is 42.5 Å². The first-order chi connectivity index (χ1) is 17.3. The Bertz CT molecular complexity index is 1190. The zero-order chi connectivity index (χ0) is 27.8. The van der Waals surface area contributed by atoms with Gasteiger partial charge in [-0.15, -0.1) is 0 Å². The van der Waals surface area contributed by atoms with E-state index in [1.54, 1.807) is 32.2 Å². The Kier molecular flexibility index (Phi) is 11.3. The van der Waals surface area contributed by atoms with Gasteiger partial charge in [-0.3, -0.25) is 13.9 Å². The standard InChI is InChI=1S/C27H38ClN3O5S/c1-19(2)17-29-27(33)21(4)30(18-22-9-7-10-24(15-22)36-5)26(32)11-8-14-31(37(6,34)35)25-16-23(28)13-12-20(25)3/h7,9-10,12-13,15-16,19,21H,8,11,14,17-18H2,1-6H3,(H,29,33). The molecular formula is C27H38ClN3O5S. The average Bonchev–Trinajstić information content (AvgIpc) is 2.84. The Labute approximate surface area is 226 Å². The van der Waals surface area contributed by atoms with Gasteiger partial charge in [0.15, 0.2) is 0 Å². The molecular weight excluding hydrogens is 514 g/mol. The van der Waals surface area contributed by atoms with Crippen LogP contribution in [0.4, 0.5) is 5.69 Å². The van der Waals surface area contributed by atoms with Crippen LogP contribution < -0.4 is 14.4 Å². The molecule has 2 rings (SSSR count). The van der Waals surface area contributed by atoms with Crippen molar-refractivity contribution in [1.29, 1.82) is 0 Å². The van der Waals surface area contributed by atoms with Crippen molar-refractivity contribution in [2.24, 2.45) is 5.92 Å². The van der Waals surface area contributed by atoms with Crippen LogP contribution in [0.5, 0.6) is 5.75 Å². The molecule has 2 aromatic carbocycles. The van der Waals surface area contributed by atoms with Gasteiger partial charge in [0.05, 0.1) is 19.1 Å². The van der Waals surface area contributed by atoms with Crippen LogP contribution in [0, 0.1) is 12.8 Å². The number of rotatable bonds is 13. The third-order valence-electron chi connectivity index (χ3n) is 5.93. The number of methoxy groups -OCH3 is 1.